The van der Waals surface area contributed by atoms with Crippen LogP contribution in [0.4, 0.5) is 0 Å². The molecule has 1 aromatic carbocycles. The van der Waals surface area contributed by atoms with Gasteiger partial charge in [-0.1, -0.05) is 29.8 Å². The zero-order valence-corrected chi connectivity index (χ0v) is 13.1. The summed E-state index contributed by atoms with van der Waals surface area (Å²) in [5.74, 6) is 0.533. The van der Waals surface area contributed by atoms with Crippen molar-refractivity contribution in [2.24, 2.45) is 0 Å². The van der Waals surface area contributed by atoms with Crippen molar-refractivity contribution in [3.8, 4) is 0 Å². The van der Waals surface area contributed by atoms with E-state index in [0.717, 1.165) is 11.1 Å². The van der Waals surface area contributed by atoms with Gasteiger partial charge in [-0.15, -0.1) is 0 Å². The number of aliphatic hydroxyl groups excluding tert-OH is 1. The number of aliphatic hydroxyl groups is 1. The van der Waals surface area contributed by atoms with Crippen LogP contribution in [0, 0.1) is 13.8 Å². The van der Waals surface area contributed by atoms with Crippen LogP contribution in [-0.2, 0) is 23.2 Å². The maximum absolute atomic E-state index is 12.6. The van der Waals surface area contributed by atoms with Gasteiger partial charge in [-0.3, -0.25) is 0 Å². The van der Waals surface area contributed by atoms with Crippen molar-refractivity contribution in [1.29, 1.82) is 0 Å². The van der Waals surface area contributed by atoms with Crippen LogP contribution in [0.15, 0.2) is 39.6 Å². The van der Waals surface area contributed by atoms with E-state index in [0.29, 0.717) is 0 Å². The molecule has 2 aromatic rings. The molecule has 6 heteroatoms. The average molecular weight is 309 g/mol. The van der Waals surface area contributed by atoms with Gasteiger partial charge in [0.05, 0.1) is 0 Å². The molecule has 0 spiro atoms. The number of furan rings is 1. The third kappa shape index (κ3) is 3.34. The normalized spacial score (nSPS) is 12.0. The molecule has 114 valence electrons. The van der Waals surface area contributed by atoms with Crippen molar-refractivity contribution in [1.82, 2.24) is 4.31 Å². The topological polar surface area (TPSA) is 70.8 Å². The molecular formula is C15H19NO4S. The smallest absolute Gasteiger partial charge is 0.246 e. The van der Waals surface area contributed by atoms with Gasteiger partial charge in [-0.05, 0) is 19.4 Å². The lowest BCUT2D eigenvalue weighted by Gasteiger charge is -2.17. The molecule has 1 N–H and O–H groups in total. The molecule has 0 aliphatic heterocycles. The van der Waals surface area contributed by atoms with Crippen LogP contribution in [0.2, 0.25) is 0 Å². The van der Waals surface area contributed by atoms with Gasteiger partial charge in [0.15, 0.2) is 0 Å². The Morgan fingerprint density at radius 3 is 2.52 bits per heavy atom. The zero-order valence-electron chi connectivity index (χ0n) is 12.3. The molecule has 1 aromatic heterocycles. The molecule has 0 saturated carbocycles. The Bertz CT molecular complexity index is 734. The summed E-state index contributed by atoms with van der Waals surface area (Å²) in [6, 6.07) is 9.08. The molecular weight excluding hydrogens is 290 g/mol. The van der Waals surface area contributed by atoms with Gasteiger partial charge in [0, 0.05) is 19.7 Å². The third-order valence-corrected chi connectivity index (χ3v) is 5.17. The highest BCUT2D eigenvalue weighted by molar-refractivity contribution is 7.89. The molecule has 1 heterocycles. The SMILES string of the molecule is Cc1cccc(CN(C)S(=O)(=O)c2cc(CO)oc2C)c1. The summed E-state index contributed by atoms with van der Waals surface area (Å²) in [5.41, 5.74) is 2.00. The van der Waals surface area contributed by atoms with Crippen molar-refractivity contribution in [2.75, 3.05) is 7.05 Å². The van der Waals surface area contributed by atoms with E-state index in [4.69, 9.17) is 9.52 Å². The second kappa shape index (κ2) is 6.01. The Morgan fingerprint density at radius 1 is 1.24 bits per heavy atom. The lowest BCUT2D eigenvalue weighted by Crippen LogP contribution is -2.26. The predicted molar refractivity (Wildman–Crippen MR) is 79.2 cm³/mol. The van der Waals surface area contributed by atoms with E-state index in [1.54, 1.807) is 6.92 Å². The number of hydrogen-bond acceptors (Lipinski definition) is 4. The van der Waals surface area contributed by atoms with E-state index >= 15 is 0 Å². The molecule has 0 amide bonds. The van der Waals surface area contributed by atoms with Crippen LogP contribution in [0.5, 0.6) is 0 Å². The molecule has 0 bridgehead atoms. The van der Waals surface area contributed by atoms with Gasteiger partial charge in [0.25, 0.3) is 0 Å². The molecule has 21 heavy (non-hydrogen) atoms. The number of aryl methyl sites for hydroxylation is 2. The second-order valence-electron chi connectivity index (χ2n) is 5.04. The number of sulfonamides is 1. The largest absolute Gasteiger partial charge is 0.462 e. The van der Waals surface area contributed by atoms with E-state index in [2.05, 4.69) is 0 Å². The maximum Gasteiger partial charge on any atom is 0.246 e. The van der Waals surface area contributed by atoms with Crippen LogP contribution in [-0.4, -0.2) is 24.9 Å². The summed E-state index contributed by atoms with van der Waals surface area (Å²) in [7, 11) is -2.11. The first kappa shape index (κ1) is 15.8. The Kier molecular flexibility index (Phi) is 4.51. The summed E-state index contributed by atoms with van der Waals surface area (Å²) >= 11 is 0. The minimum absolute atomic E-state index is 0.0988. The Labute approximate surface area is 124 Å². The van der Waals surface area contributed by atoms with E-state index in [1.165, 1.54) is 17.4 Å². The van der Waals surface area contributed by atoms with Crippen molar-refractivity contribution in [3.63, 3.8) is 0 Å². The van der Waals surface area contributed by atoms with Gasteiger partial charge >= 0.3 is 0 Å². The average Bonchev–Trinajstić information content (AvgIpc) is 2.80. The second-order valence-corrected chi connectivity index (χ2v) is 7.05. The standard InChI is InChI=1S/C15H19NO4S/c1-11-5-4-6-13(7-11)9-16(3)21(18,19)15-8-14(10-17)20-12(15)2/h4-8,17H,9-10H2,1-3H3. The number of hydrogen-bond donors (Lipinski definition) is 1. The number of rotatable bonds is 5. The van der Waals surface area contributed by atoms with Gasteiger partial charge in [-0.25, -0.2) is 8.42 Å². The number of nitrogens with zero attached hydrogens (tertiary/aromatic N) is 1. The van der Waals surface area contributed by atoms with E-state index in [9.17, 15) is 8.42 Å². The molecule has 0 unspecified atom stereocenters. The Balaban J connectivity index is 2.28. The maximum atomic E-state index is 12.6. The predicted octanol–water partition coefficient (Wildman–Crippen LogP) is 2.21. The van der Waals surface area contributed by atoms with Crippen LogP contribution in [0.25, 0.3) is 0 Å². The van der Waals surface area contributed by atoms with Crippen LogP contribution in [0.3, 0.4) is 0 Å². The molecule has 2 rings (SSSR count). The van der Waals surface area contributed by atoms with Gasteiger partial charge in [-0.2, -0.15) is 4.31 Å². The molecule has 0 aliphatic rings. The van der Waals surface area contributed by atoms with Gasteiger partial charge in [0.1, 0.15) is 23.0 Å². The van der Waals surface area contributed by atoms with Crippen molar-refractivity contribution in [3.05, 3.63) is 53.0 Å². The van der Waals surface area contributed by atoms with E-state index in [-0.39, 0.29) is 29.6 Å². The van der Waals surface area contributed by atoms with Crippen LogP contribution < -0.4 is 0 Å². The molecule has 0 aliphatic carbocycles. The van der Waals surface area contributed by atoms with Gasteiger partial charge in [0.2, 0.25) is 10.0 Å². The quantitative estimate of drug-likeness (QED) is 0.919. The zero-order chi connectivity index (χ0) is 15.6. The fraction of sp³-hybridized carbons (Fsp3) is 0.333. The summed E-state index contributed by atoms with van der Waals surface area (Å²) in [6.45, 7) is 3.50. The minimum Gasteiger partial charge on any atom is -0.462 e. The lowest BCUT2D eigenvalue weighted by molar-refractivity contribution is 0.244. The highest BCUT2D eigenvalue weighted by Crippen LogP contribution is 2.24. The monoisotopic (exact) mass is 309 g/mol. The summed E-state index contributed by atoms with van der Waals surface area (Å²) in [6.07, 6.45) is 0. The Hall–Kier alpha value is -1.63. The van der Waals surface area contributed by atoms with Gasteiger partial charge < -0.3 is 9.52 Å². The van der Waals surface area contributed by atoms with Crippen LogP contribution >= 0.6 is 0 Å². The molecule has 0 fully saturated rings. The first-order chi connectivity index (χ1) is 9.84. The highest BCUT2D eigenvalue weighted by Gasteiger charge is 2.26. The van der Waals surface area contributed by atoms with Crippen LogP contribution in [0.1, 0.15) is 22.6 Å². The first-order valence-corrected chi connectivity index (χ1v) is 8.00. The van der Waals surface area contributed by atoms with Crippen molar-refractivity contribution < 1.29 is 17.9 Å². The fourth-order valence-electron chi connectivity index (χ4n) is 2.18. The lowest BCUT2D eigenvalue weighted by atomic mass is 10.1. The highest BCUT2D eigenvalue weighted by atomic mass is 32.2. The van der Waals surface area contributed by atoms with E-state index in [1.807, 2.05) is 31.2 Å². The molecule has 0 radical (unpaired) electrons. The first-order valence-electron chi connectivity index (χ1n) is 6.56. The Morgan fingerprint density at radius 2 is 1.95 bits per heavy atom. The number of benzene rings is 1. The third-order valence-electron chi connectivity index (χ3n) is 3.26. The van der Waals surface area contributed by atoms with Crippen molar-refractivity contribution >= 4 is 10.0 Å². The molecule has 5 nitrogen and oxygen atoms in total. The summed E-state index contributed by atoms with van der Waals surface area (Å²) < 4.78 is 31.6. The summed E-state index contributed by atoms with van der Waals surface area (Å²) in [5, 5.41) is 9.04. The van der Waals surface area contributed by atoms with E-state index < -0.39 is 10.0 Å². The molecule has 0 saturated heterocycles. The summed E-state index contributed by atoms with van der Waals surface area (Å²) in [4.78, 5) is 0.0988. The fourth-order valence-corrected chi connectivity index (χ4v) is 3.52. The minimum atomic E-state index is -3.64. The molecule has 0 atom stereocenters. The van der Waals surface area contributed by atoms with Crippen molar-refractivity contribution in [2.45, 2.75) is 31.9 Å².